The van der Waals surface area contributed by atoms with Gasteiger partial charge in [-0.2, -0.15) is 0 Å². The summed E-state index contributed by atoms with van der Waals surface area (Å²) in [6.07, 6.45) is 2.74. The lowest BCUT2D eigenvalue weighted by Gasteiger charge is -2.18. The number of hydrogen-bond donors (Lipinski definition) is 2. The van der Waals surface area contributed by atoms with E-state index in [1.54, 1.807) is 14.2 Å². The number of methoxy groups -OCH3 is 2. The Morgan fingerprint density at radius 3 is 2.55 bits per heavy atom. The first-order valence-electron chi connectivity index (χ1n) is 6.45. The van der Waals surface area contributed by atoms with Gasteiger partial charge in [0.05, 0.1) is 14.2 Å². The van der Waals surface area contributed by atoms with Crippen molar-refractivity contribution in [3.63, 3.8) is 0 Å². The van der Waals surface area contributed by atoms with Gasteiger partial charge in [-0.25, -0.2) is 0 Å². The molecule has 1 amide bonds. The zero-order valence-electron chi connectivity index (χ0n) is 11.8. The van der Waals surface area contributed by atoms with Crippen molar-refractivity contribution >= 4 is 21.8 Å². The fourth-order valence-electron chi connectivity index (χ4n) is 2.02. The number of halogens is 1. The van der Waals surface area contributed by atoms with Crippen LogP contribution in [0.25, 0.3) is 0 Å². The summed E-state index contributed by atoms with van der Waals surface area (Å²) in [5.41, 5.74) is 12.2. The van der Waals surface area contributed by atoms with E-state index in [1.165, 1.54) is 0 Å². The summed E-state index contributed by atoms with van der Waals surface area (Å²) < 4.78 is 11.4. The topological polar surface area (TPSA) is 87.6 Å². The summed E-state index contributed by atoms with van der Waals surface area (Å²) >= 11 is 3.50. The van der Waals surface area contributed by atoms with Crippen LogP contribution in [0.5, 0.6) is 11.5 Å². The van der Waals surface area contributed by atoms with Crippen LogP contribution >= 0.6 is 15.9 Å². The second kappa shape index (κ2) is 8.11. The van der Waals surface area contributed by atoms with Gasteiger partial charge in [-0.05, 0) is 18.9 Å². The van der Waals surface area contributed by atoms with Crippen LogP contribution in [0.1, 0.15) is 37.3 Å². The summed E-state index contributed by atoms with van der Waals surface area (Å²) in [5, 5.41) is 0. The first-order chi connectivity index (χ1) is 9.49. The molecule has 0 aliphatic rings. The van der Waals surface area contributed by atoms with E-state index in [-0.39, 0.29) is 11.9 Å². The predicted octanol–water partition coefficient (Wildman–Crippen LogP) is 2.51. The maximum Gasteiger partial charge on any atom is 0.217 e. The molecule has 5 nitrogen and oxygen atoms in total. The van der Waals surface area contributed by atoms with E-state index in [4.69, 9.17) is 20.9 Å². The maximum atomic E-state index is 10.7. The number of primary amides is 1. The Hall–Kier alpha value is -1.27. The number of benzene rings is 1. The Labute approximate surface area is 127 Å². The Bertz CT molecular complexity index is 466. The molecular formula is C14H21BrN2O3. The molecular weight excluding hydrogens is 324 g/mol. The van der Waals surface area contributed by atoms with Crippen molar-refractivity contribution in [3.05, 3.63) is 22.2 Å². The summed E-state index contributed by atoms with van der Waals surface area (Å²) in [5.74, 6) is 1.12. The summed E-state index contributed by atoms with van der Waals surface area (Å²) in [6, 6.07) is 3.50. The van der Waals surface area contributed by atoms with Gasteiger partial charge in [0.25, 0.3) is 0 Å². The second-order valence-electron chi connectivity index (χ2n) is 4.54. The lowest BCUT2D eigenvalue weighted by molar-refractivity contribution is -0.118. The van der Waals surface area contributed by atoms with Crippen molar-refractivity contribution in [2.45, 2.75) is 31.7 Å². The van der Waals surface area contributed by atoms with E-state index in [2.05, 4.69) is 15.9 Å². The van der Waals surface area contributed by atoms with Crippen LogP contribution in [0.3, 0.4) is 0 Å². The van der Waals surface area contributed by atoms with Gasteiger partial charge in [0, 0.05) is 28.6 Å². The number of hydrogen-bond acceptors (Lipinski definition) is 4. The highest BCUT2D eigenvalue weighted by Gasteiger charge is 2.17. The molecule has 0 aliphatic heterocycles. The first kappa shape index (κ1) is 16.8. The summed E-state index contributed by atoms with van der Waals surface area (Å²) in [4.78, 5) is 10.7. The average Bonchev–Trinajstić information content (AvgIpc) is 2.41. The van der Waals surface area contributed by atoms with Crippen LogP contribution in [-0.4, -0.2) is 20.1 Å². The molecule has 0 bridgehead atoms. The van der Waals surface area contributed by atoms with Gasteiger partial charge in [0.15, 0.2) is 0 Å². The molecule has 1 unspecified atom stereocenters. The molecule has 1 rings (SSSR count). The third kappa shape index (κ3) is 4.68. The Kier molecular flexibility index (Phi) is 6.81. The minimum atomic E-state index is -0.276. The zero-order chi connectivity index (χ0) is 15.1. The Morgan fingerprint density at radius 2 is 2.00 bits per heavy atom. The molecule has 6 heteroatoms. The van der Waals surface area contributed by atoms with E-state index in [0.717, 1.165) is 29.3 Å². The van der Waals surface area contributed by atoms with E-state index in [9.17, 15) is 4.79 Å². The van der Waals surface area contributed by atoms with Gasteiger partial charge in [0.1, 0.15) is 11.5 Å². The van der Waals surface area contributed by atoms with Crippen LogP contribution in [0, 0.1) is 0 Å². The van der Waals surface area contributed by atoms with Gasteiger partial charge in [-0.15, -0.1) is 0 Å². The second-order valence-corrected chi connectivity index (χ2v) is 5.40. The predicted molar refractivity (Wildman–Crippen MR) is 81.8 cm³/mol. The first-order valence-corrected chi connectivity index (χ1v) is 7.24. The Balaban J connectivity index is 2.76. The SMILES string of the molecule is COc1cc(Br)c(C(N)CCCCC(N)=O)c(OC)c1. The zero-order valence-corrected chi connectivity index (χ0v) is 13.4. The monoisotopic (exact) mass is 344 g/mol. The van der Waals surface area contributed by atoms with E-state index < -0.39 is 0 Å². The standard InChI is InChI=1S/C14H21BrN2O3/c1-19-9-7-10(15)14(12(8-9)20-2)11(16)5-3-4-6-13(17)18/h7-8,11H,3-6,16H2,1-2H3,(H2,17,18). The van der Waals surface area contributed by atoms with E-state index in [0.29, 0.717) is 17.9 Å². The van der Waals surface area contributed by atoms with Crippen molar-refractivity contribution in [2.75, 3.05) is 14.2 Å². The molecule has 0 aliphatic carbocycles. The quantitative estimate of drug-likeness (QED) is 0.709. The van der Waals surface area contributed by atoms with Gasteiger partial charge in [-0.1, -0.05) is 22.4 Å². The van der Waals surface area contributed by atoms with Gasteiger partial charge in [-0.3, -0.25) is 4.79 Å². The van der Waals surface area contributed by atoms with E-state index >= 15 is 0 Å². The molecule has 0 saturated carbocycles. The minimum absolute atomic E-state index is 0.168. The highest BCUT2D eigenvalue weighted by Crippen LogP contribution is 2.37. The number of ether oxygens (including phenoxy) is 2. The van der Waals surface area contributed by atoms with E-state index in [1.807, 2.05) is 12.1 Å². The molecule has 0 radical (unpaired) electrons. The number of carbonyl (C=O) groups is 1. The van der Waals surface area contributed by atoms with Crippen molar-refractivity contribution in [1.82, 2.24) is 0 Å². The molecule has 20 heavy (non-hydrogen) atoms. The van der Waals surface area contributed by atoms with Crippen molar-refractivity contribution in [3.8, 4) is 11.5 Å². The van der Waals surface area contributed by atoms with Crippen molar-refractivity contribution in [2.24, 2.45) is 11.5 Å². The minimum Gasteiger partial charge on any atom is -0.497 e. The number of rotatable bonds is 8. The largest absolute Gasteiger partial charge is 0.497 e. The van der Waals surface area contributed by atoms with Gasteiger partial charge < -0.3 is 20.9 Å². The highest BCUT2D eigenvalue weighted by molar-refractivity contribution is 9.10. The van der Waals surface area contributed by atoms with Crippen molar-refractivity contribution < 1.29 is 14.3 Å². The highest BCUT2D eigenvalue weighted by atomic mass is 79.9. The molecule has 0 heterocycles. The van der Waals surface area contributed by atoms with Crippen LogP contribution in [0.2, 0.25) is 0 Å². The Morgan fingerprint density at radius 1 is 1.30 bits per heavy atom. The third-order valence-electron chi connectivity index (χ3n) is 3.08. The number of unbranched alkanes of at least 4 members (excludes halogenated alkanes) is 1. The smallest absolute Gasteiger partial charge is 0.217 e. The van der Waals surface area contributed by atoms with Gasteiger partial charge in [0.2, 0.25) is 5.91 Å². The lowest BCUT2D eigenvalue weighted by Crippen LogP contribution is -2.14. The third-order valence-corrected chi connectivity index (χ3v) is 3.74. The molecule has 1 aromatic carbocycles. The van der Waals surface area contributed by atoms with Crippen molar-refractivity contribution in [1.29, 1.82) is 0 Å². The normalized spacial score (nSPS) is 12.0. The summed E-state index contributed by atoms with van der Waals surface area (Å²) in [6.45, 7) is 0. The molecule has 0 fully saturated rings. The molecule has 4 N–H and O–H groups in total. The van der Waals surface area contributed by atoms with Crippen LogP contribution < -0.4 is 20.9 Å². The van der Waals surface area contributed by atoms with Crippen LogP contribution in [-0.2, 0) is 4.79 Å². The molecule has 0 spiro atoms. The number of carbonyl (C=O) groups excluding carboxylic acids is 1. The molecule has 1 aromatic rings. The maximum absolute atomic E-state index is 10.7. The average molecular weight is 345 g/mol. The molecule has 0 saturated heterocycles. The molecule has 112 valence electrons. The van der Waals surface area contributed by atoms with Crippen LogP contribution in [0.4, 0.5) is 0 Å². The fourth-order valence-corrected chi connectivity index (χ4v) is 2.74. The number of amides is 1. The lowest BCUT2D eigenvalue weighted by atomic mass is 10.00. The molecule has 1 atom stereocenters. The number of nitrogens with two attached hydrogens (primary N) is 2. The summed E-state index contributed by atoms with van der Waals surface area (Å²) in [7, 11) is 3.20. The fraction of sp³-hybridized carbons (Fsp3) is 0.500. The van der Waals surface area contributed by atoms with Gasteiger partial charge >= 0.3 is 0 Å². The van der Waals surface area contributed by atoms with Crippen LogP contribution in [0.15, 0.2) is 16.6 Å². The molecule has 0 aromatic heterocycles.